The first kappa shape index (κ1) is 20.5. The number of likely N-dealkylation sites (N-methyl/N-ethyl adjacent to an activating group) is 2. The maximum absolute atomic E-state index is 12.7. The molecule has 0 bridgehead atoms. The van der Waals surface area contributed by atoms with E-state index >= 15 is 0 Å². The Morgan fingerprint density at radius 2 is 1.72 bits per heavy atom. The van der Waals surface area contributed by atoms with Crippen LogP contribution in [-0.2, 0) is 9.59 Å². The van der Waals surface area contributed by atoms with Crippen LogP contribution in [0.2, 0.25) is 0 Å². The highest BCUT2D eigenvalue weighted by molar-refractivity contribution is 5.94. The Balaban J connectivity index is 2.74. The lowest BCUT2D eigenvalue weighted by Crippen LogP contribution is -2.54. The molecule has 0 aliphatic heterocycles. The van der Waals surface area contributed by atoms with Crippen molar-refractivity contribution < 1.29 is 14.4 Å². The largest absolute Gasteiger partial charge is 0.355 e. The molecule has 3 N–H and O–H groups in total. The number of carbonyl (C=O) groups excluding carboxylic acids is 3. The lowest BCUT2D eigenvalue weighted by Gasteiger charge is -2.28. The summed E-state index contributed by atoms with van der Waals surface area (Å²) >= 11 is 0. The number of hydrogen-bond donors (Lipinski definition) is 3. The average Bonchev–Trinajstić information content (AvgIpc) is 2.58. The zero-order valence-corrected chi connectivity index (χ0v) is 15.3. The van der Waals surface area contributed by atoms with Gasteiger partial charge in [-0.2, -0.15) is 0 Å². The highest BCUT2D eigenvalue weighted by Gasteiger charge is 2.29. The molecule has 0 radical (unpaired) electrons. The van der Waals surface area contributed by atoms with Crippen molar-refractivity contribution in [3.05, 3.63) is 30.3 Å². The summed E-state index contributed by atoms with van der Waals surface area (Å²) in [5, 5.41) is 8.09. The number of para-hydroxylation sites is 1. The number of urea groups is 1. The number of hydrogen-bond acceptors (Lipinski definition) is 3. The number of rotatable bonds is 8. The van der Waals surface area contributed by atoms with Crippen molar-refractivity contribution in [3.8, 4) is 0 Å². The van der Waals surface area contributed by atoms with E-state index in [1.807, 2.05) is 39.0 Å². The molecule has 7 heteroatoms. The van der Waals surface area contributed by atoms with Gasteiger partial charge in [-0.25, -0.2) is 4.79 Å². The van der Waals surface area contributed by atoms with Gasteiger partial charge in [0.2, 0.25) is 11.8 Å². The Labute approximate surface area is 149 Å². The molecule has 0 aliphatic carbocycles. The lowest BCUT2D eigenvalue weighted by molar-refractivity contribution is -0.138. The van der Waals surface area contributed by atoms with Crippen molar-refractivity contribution in [1.82, 2.24) is 15.5 Å². The molecule has 0 aromatic heterocycles. The summed E-state index contributed by atoms with van der Waals surface area (Å²) in [6.07, 6.45) is 0. The second-order valence-corrected chi connectivity index (χ2v) is 5.99. The summed E-state index contributed by atoms with van der Waals surface area (Å²) in [5.74, 6) is -0.599. The van der Waals surface area contributed by atoms with Crippen LogP contribution in [0.4, 0.5) is 10.5 Å². The van der Waals surface area contributed by atoms with Crippen LogP contribution >= 0.6 is 0 Å². The summed E-state index contributed by atoms with van der Waals surface area (Å²) in [6.45, 7) is 8.21. The second-order valence-electron chi connectivity index (χ2n) is 5.99. The van der Waals surface area contributed by atoms with Crippen molar-refractivity contribution in [2.75, 3.05) is 25.0 Å². The minimum Gasteiger partial charge on any atom is -0.355 e. The van der Waals surface area contributed by atoms with Crippen molar-refractivity contribution in [2.24, 2.45) is 5.92 Å². The fourth-order valence-electron chi connectivity index (χ4n) is 2.31. The van der Waals surface area contributed by atoms with Gasteiger partial charge in [-0.1, -0.05) is 32.0 Å². The van der Waals surface area contributed by atoms with Crippen LogP contribution < -0.4 is 16.0 Å². The fourth-order valence-corrected chi connectivity index (χ4v) is 2.31. The molecule has 0 fully saturated rings. The number of carbonyl (C=O) groups is 3. The number of nitrogens with one attached hydrogen (secondary N) is 3. The van der Waals surface area contributed by atoms with E-state index in [4.69, 9.17) is 0 Å². The van der Waals surface area contributed by atoms with Crippen molar-refractivity contribution in [1.29, 1.82) is 0 Å². The molecule has 25 heavy (non-hydrogen) atoms. The summed E-state index contributed by atoms with van der Waals surface area (Å²) in [6, 6.07) is 7.84. The van der Waals surface area contributed by atoms with Gasteiger partial charge < -0.3 is 20.9 Å². The number of nitrogens with zero attached hydrogens (tertiary/aromatic N) is 1. The second kappa shape index (κ2) is 10.3. The standard InChI is InChI=1S/C18H28N4O3/c1-5-19-15(23)12-22(6-2)17(24)16(13(3)4)21-18(25)20-14-10-8-7-9-11-14/h7-11,13,16H,5-6,12H2,1-4H3,(H,19,23)(H2,20,21,25). The maximum Gasteiger partial charge on any atom is 0.319 e. The van der Waals surface area contributed by atoms with Crippen LogP contribution in [0.25, 0.3) is 0 Å². The molecular weight excluding hydrogens is 320 g/mol. The van der Waals surface area contributed by atoms with Gasteiger partial charge in [-0.05, 0) is 31.9 Å². The van der Waals surface area contributed by atoms with Crippen LogP contribution in [0.3, 0.4) is 0 Å². The Hall–Kier alpha value is -2.57. The van der Waals surface area contributed by atoms with Crippen molar-refractivity contribution in [3.63, 3.8) is 0 Å². The molecule has 1 aromatic rings. The fraction of sp³-hybridized carbons (Fsp3) is 0.500. The molecule has 138 valence electrons. The molecule has 0 saturated heterocycles. The van der Waals surface area contributed by atoms with Gasteiger partial charge in [0.1, 0.15) is 6.04 Å². The Morgan fingerprint density at radius 1 is 1.08 bits per heavy atom. The third-order valence-electron chi connectivity index (χ3n) is 3.65. The minimum absolute atomic E-state index is 0.0195. The molecule has 4 amide bonds. The molecule has 0 heterocycles. The van der Waals surface area contributed by atoms with Gasteiger partial charge in [0.25, 0.3) is 0 Å². The topological polar surface area (TPSA) is 90.5 Å². The minimum atomic E-state index is -0.710. The third kappa shape index (κ3) is 6.82. The SMILES string of the molecule is CCNC(=O)CN(CC)C(=O)C(NC(=O)Nc1ccccc1)C(C)C. The van der Waals surface area contributed by atoms with E-state index in [0.29, 0.717) is 18.8 Å². The number of benzene rings is 1. The molecule has 0 aliphatic rings. The quantitative estimate of drug-likeness (QED) is 0.669. The average molecular weight is 348 g/mol. The van der Waals surface area contributed by atoms with E-state index in [9.17, 15) is 14.4 Å². The molecule has 0 spiro atoms. The Bertz CT molecular complexity index is 575. The van der Waals surface area contributed by atoms with Gasteiger partial charge in [0.05, 0.1) is 6.54 Å². The first-order chi connectivity index (χ1) is 11.9. The van der Waals surface area contributed by atoms with Gasteiger partial charge in [0.15, 0.2) is 0 Å². The molecule has 1 rings (SSSR count). The van der Waals surface area contributed by atoms with E-state index in [1.54, 1.807) is 19.1 Å². The molecule has 1 aromatic carbocycles. The van der Waals surface area contributed by atoms with Crippen LogP contribution in [-0.4, -0.2) is 48.4 Å². The molecule has 1 unspecified atom stereocenters. The zero-order valence-electron chi connectivity index (χ0n) is 15.3. The Morgan fingerprint density at radius 3 is 2.24 bits per heavy atom. The Kier molecular flexibility index (Phi) is 8.46. The molecule has 7 nitrogen and oxygen atoms in total. The molecular formula is C18H28N4O3. The number of amides is 4. The van der Waals surface area contributed by atoms with E-state index in [1.165, 1.54) is 4.90 Å². The predicted molar refractivity (Wildman–Crippen MR) is 98.2 cm³/mol. The third-order valence-corrected chi connectivity index (χ3v) is 3.65. The van der Waals surface area contributed by atoms with Crippen molar-refractivity contribution in [2.45, 2.75) is 33.7 Å². The summed E-state index contributed by atoms with van der Waals surface area (Å²) in [5.41, 5.74) is 0.643. The van der Waals surface area contributed by atoms with E-state index < -0.39 is 12.1 Å². The molecule has 0 saturated carbocycles. The normalized spacial score (nSPS) is 11.6. The summed E-state index contributed by atoms with van der Waals surface area (Å²) in [7, 11) is 0. The van der Waals surface area contributed by atoms with Gasteiger partial charge in [0, 0.05) is 18.8 Å². The van der Waals surface area contributed by atoms with Gasteiger partial charge in [-0.15, -0.1) is 0 Å². The predicted octanol–water partition coefficient (Wildman–Crippen LogP) is 1.82. The number of anilines is 1. The maximum atomic E-state index is 12.7. The monoisotopic (exact) mass is 348 g/mol. The zero-order chi connectivity index (χ0) is 18.8. The molecule has 1 atom stereocenters. The van der Waals surface area contributed by atoms with Crippen LogP contribution in [0, 0.1) is 5.92 Å². The van der Waals surface area contributed by atoms with Gasteiger partial charge >= 0.3 is 6.03 Å². The first-order valence-electron chi connectivity index (χ1n) is 8.57. The summed E-state index contributed by atoms with van der Waals surface area (Å²) < 4.78 is 0. The van der Waals surface area contributed by atoms with Crippen molar-refractivity contribution >= 4 is 23.5 Å². The highest BCUT2D eigenvalue weighted by atomic mass is 16.2. The van der Waals surface area contributed by atoms with Gasteiger partial charge in [-0.3, -0.25) is 9.59 Å². The van der Waals surface area contributed by atoms with E-state index in [0.717, 1.165) is 0 Å². The van der Waals surface area contributed by atoms with E-state index in [-0.39, 0.29) is 24.3 Å². The van der Waals surface area contributed by atoms with Crippen LogP contribution in [0.5, 0.6) is 0 Å². The van der Waals surface area contributed by atoms with Crippen LogP contribution in [0.1, 0.15) is 27.7 Å². The summed E-state index contributed by atoms with van der Waals surface area (Å²) in [4.78, 5) is 38.2. The highest BCUT2D eigenvalue weighted by Crippen LogP contribution is 2.09. The smallest absolute Gasteiger partial charge is 0.319 e. The lowest BCUT2D eigenvalue weighted by atomic mass is 10.0. The van der Waals surface area contributed by atoms with E-state index in [2.05, 4.69) is 16.0 Å². The first-order valence-corrected chi connectivity index (χ1v) is 8.57. The van der Waals surface area contributed by atoms with Crippen LogP contribution in [0.15, 0.2) is 30.3 Å².